The van der Waals surface area contributed by atoms with Crippen molar-refractivity contribution in [2.45, 2.75) is 25.1 Å². The number of pyridine rings is 1. The Morgan fingerprint density at radius 3 is 2.59 bits per heavy atom. The van der Waals surface area contributed by atoms with E-state index >= 15 is 0 Å². The smallest absolute Gasteiger partial charge is 0.394 e. The first-order valence-electron chi connectivity index (χ1n) is 8.59. The number of allylic oxidation sites excluding steroid dienone is 2. The number of piperidine rings is 1. The van der Waals surface area contributed by atoms with E-state index in [1.54, 1.807) is 25.4 Å². The van der Waals surface area contributed by atoms with Gasteiger partial charge in [0.05, 0.1) is 11.6 Å². The first kappa shape index (κ1) is 19.2. The molecule has 1 aliphatic heterocycles. The van der Waals surface area contributed by atoms with E-state index in [1.807, 2.05) is 6.07 Å². The normalized spacial score (nSPS) is 17.1. The molecule has 5 nitrogen and oxygen atoms in total. The fourth-order valence-corrected chi connectivity index (χ4v) is 3.38. The molecule has 2 heterocycles. The molecule has 0 radical (unpaired) electrons. The summed E-state index contributed by atoms with van der Waals surface area (Å²) in [5, 5.41) is 8.14. The highest BCUT2D eigenvalue weighted by molar-refractivity contribution is 6.11. The molecule has 1 aromatic carbocycles. The van der Waals surface area contributed by atoms with Crippen molar-refractivity contribution < 1.29 is 17.9 Å². The molecule has 3 N–H and O–H groups in total. The highest BCUT2D eigenvalue weighted by Gasteiger charge is 2.34. The molecule has 27 heavy (non-hydrogen) atoms. The molecular weight excluding hydrogens is 357 g/mol. The van der Waals surface area contributed by atoms with Crippen LogP contribution in [0.1, 0.15) is 18.4 Å². The van der Waals surface area contributed by atoms with Gasteiger partial charge in [-0.1, -0.05) is 6.07 Å². The lowest BCUT2D eigenvalue weighted by molar-refractivity contribution is -0.0918. The predicted molar refractivity (Wildman–Crippen MR) is 99.9 cm³/mol. The third kappa shape index (κ3) is 3.90. The number of aromatic nitrogens is 1. The van der Waals surface area contributed by atoms with Crippen LogP contribution in [-0.4, -0.2) is 43.7 Å². The molecule has 0 aliphatic carbocycles. The van der Waals surface area contributed by atoms with Crippen LogP contribution >= 0.6 is 0 Å². The number of nitrogens with zero attached hydrogens (tertiary/aromatic N) is 2. The minimum Gasteiger partial charge on any atom is -0.394 e. The molecule has 0 atom stereocenters. The van der Waals surface area contributed by atoms with Crippen LogP contribution in [0.15, 0.2) is 36.2 Å². The van der Waals surface area contributed by atoms with Gasteiger partial charge in [-0.05, 0) is 36.6 Å². The number of rotatable bonds is 4. The Labute approximate surface area is 155 Å². The summed E-state index contributed by atoms with van der Waals surface area (Å²) in [7, 11) is 1.70. The SMILES string of the molecule is COC1CCN(c2ccnc3ccc(C(C=N)=C(N)C(F)(F)F)cc23)CC1. The lowest BCUT2D eigenvalue weighted by atomic mass is 10.00. The van der Waals surface area contributed by atoms with Gasteiger partial charge in [0.2, 0.25) is 0 Å². The van der Waals surface area contributed by atoms with E-state index in [9.17, 15) is 13.2 Å². The highest BCUT2D eigenvalue weighted by Crippen LogP contribution is 2.33. The average molecular weight is 378 g/mol. The second-order valence-electron chi connectivity index (χ2n) is 6.45. The number of benzene rings is 1. The first-order valence-corrected chi connectivity index (χ1v) is 8.59. The molecule has 0 unspecified atom stereocenters. The fraction of sp³-hybridized carbons (Fsp3) is 0.368. The third-order valence-corrected chi connectivity index (χ3v) is 4.89. The van der Waals surface area contributed by atoms with E-state index in [0.717, 1.165) is 37.0 Å². The molecule has 0 bridgehead atoms. The number of anilines is 1. The Balaban J connectivity index is 2.06. The van der Waals surface area contributed by atoms with Crippen LogP contribution in [0.2, 0.25) is 0 Å². The number of nitrogens with one attached hydrogen (secondary N) is 1. The van der Waals surface area contributed by atoms with Gasteiger partial charge in [-0.25, -0.2) is 0 Å². The van der Waals surface area contributed by atoms with Crippen molar-refractivity contribution in [2.24, 2.45) is 5.73 Å². The molecule has 2 aromatic rings. The lowest BCUT2D eigenvalue weighted by Crippen LogP contribution is -2.36. The number of halogens is 3. The summed E-state index contributed by atoms with van der Waals surface area (Å²) in [6.07, 6.45) is -0.369. The topological polar surface area (TPSA) is 75.2 Å². The van der Waals surface area contributed by atoms with E-state index < -0.39 is 11.9 Å². The van der Waals surface area contributed by atoms with Crippen LogP contribution in [0.4, 0.5) is 18.9 Å². The first-order chi connectivity index (χ1) is 12.8. The summed E-state index contributed by atoms with van der Waals surface area (Å²) in [6, 6.07) is 6.65. The molecule has 144 valence electrons. The number of ether oxygens (including phenoxy) is 1. The van der Waals surface area contributed by atoms with Gasteiger partial charge in [0.15, 0.2) is 0 Å². The number of hydrogen-bond donors (Lipinski definition) is 2. The van der Waals surface area contributed by atoms with Gasteiger partial charge >= 0.3 is 6.18 Å². The Hall–Kier alpha value is -2.61. The molecule has 1 aromatic heterocycles. The molecule has 1 saturated heterocycles. The van der Waals surface area contributed by atoms with E-state index in [0.29, 0.717) is 11.7 Å². The van der Waals surface area contributed by atoms with E-state index in [4.69, 9.17) is 15.9 Å². The fourth-order valence-electron chi connectivity index (χ4n) is 3.38. The van der Waals surface area contributed by atoms with Crippen LogP contribution in [0.3, 0.4) is 0 Å². The Kier molecular flexibility index (Phi) is 5.36. The van der Waals surface area contributed by atoms with Crippen LogP contribution in [0.25, 0.3) is 16.5 Å². The zero-order chi connectivity index (χ0) is 19.6. The van der Waals surface area contributed by atoms with E-state index in [2.05, 4.69) is 9.88 Å². The maximum Gasteiger partial charge on any atom is 0.431 e. The average Bonchev–Trinajstić information content (AvgIpc) is 2.67. The number of hydrogen-bond acceptors (Lipinski definition) is 5. The van der Waals surface area contributed by atoms with Crippen molar-refractivity contribution in [2.75, 3.05) is 25.1 Å². The summed E-state index contributed by atoms with van der Waals surface area (Å²) >= 11 is 0. The van der Waals surface area contributed by atoms with Crippen molar-refractivity contribution in [3.63, 3.8) is 0 Å². The summed E-state index contributed by atoms with van der Waals surface area (Å²) in [5.41, 5.74) is 5.46. The zero-order valence-corrected chi connectivity index (χ0v) is 14.9. The molecule has 8 heteroatoms. The summed E-state index contributed by atoms with van der Waals surface area (Å²) in [5.74, 6) is 0. The van der Waals surface area contributed by atoms with Gasteiger partial charge in [-0.3, -0.25) is 4.98 Å². The molecule has 1 fully saturated rings. The largest absolute Gasteiger partial charge is 0.431 e. The van der Waals surface area contributed by atoms with E-state index in [1.165, 1.54) is 6.07 Å². The summed E-state index contributed by atoms with van der Waals surface area (Å²) < 4.78 is 44.4. The number of alkyl halides is 3. The van der Waals surface area contributed by atoms with Crippen molar-refractivity contribution in [3.05, 3.63) is 41.7 Å². The number of fused-ring (bicyclic) bond motifs is 1. The minimum absolute atomic E-state index is 0.226. The van der Waals surface area contributed by atoms with Crippen molar-refractivity contribution in [1.29, 1.82) is 5.41 Å². The van der Waals surface area contributed by atoms with Crippen molar-refractivity contribution in [3.8, 4) is 0 Å². The van der Waals surface area contributed by atoms with Gasteiger partial charge in [-0.2, -0.15) is 13.2 Å². The van der Waals surface area contributed by atoms with Crippen LogP contribution in [-0.2, 0) is 4.74 Å². The predicted octanol–water partition coefficient (Wildman–Crippen LogP) is 3.73. The highest BCUT2D eigenvalue weighted by atomic mass is 19.4. The number of methoxy groups -OCH3 is 1. The Morgan fingerprint density at radius 1 is 1.30 bits per heavy atom. The summed E-state index contributed by atoms with van der Waals surface area (Å²) in [6.45, 7) is 1.58. The van der Waals surface area contributed by atoms with Gasteiger partial charge in [0, 0.05) is 49.3 Å². The molecule has 0 saturated carbocycles. The second-order valence-corrected chi connectivity index (χ2v) is 6.45. The standard InChI is InChI=1S/C19H21F3N4O/c1-27-13-5-8-26(9-6-13)17-4-7-25-16-3-2-12(10-14(16)17)15(11-23)18(24)19(20,21)22/h2-4,7,10-11,13,23H,5-6,8-9,24H2,1H3. The van der Waals surface area contributed by atoms with Crippen LogP contribution in [0.5, 0.6) is 0 Å². The van der Waals surface area contributed by atoms with Crippen LogP contribution < -0.4 is 10.6 Å². The maximum atomic E-state index is 13.0. The zero-order valence-electron chi connectivity index (χ0n) is 14.9. The van der Waals surface area contributed by atoms with E-state index in [-0.39, 0.29) is 17.2 Å². The maximum absolute atomic E-state index is 13.0. The van der Waals surface area contributed by atoms with Gasteiger partial charge in [0.1, 0.15) is 5.70 Å². The number of nitrogens with two attached hydrogens (primary N) is 1. The minimum atomic E-state index is -4.69. The molecular formula is C19H21F3N4O. The van der Waals surface area contributed by atoms with Gasteiger partial charge in [-0.15, -0.1) is 0 Å². The van der Waals surface area contributed by atoms with Gasteiger partial charge < -0.3 is 20.8 Å². The molecule has 3 rings (SSSR count). The van der Waals surface area contributed by atoms with Crippen molar-refractivity contribution >= 4 is 28.4 Å². The van der Waals surface area contributed by atoms with Gasteiger partial charge in [0.25, 0.3) is 0 Å². The second kappa shape index (κ2) is 7.56. The molecule has 0 amide bonds. The van der Waals surface area contributed by atoms with Crippen LogP contribution in [0, 0.1) is 5.41 Å². The van der Waals surface area contributed by atoms with Crippen molar-refractivity contribution in [1.82, 2.24) is 4.98 Å². The monoisotopic (exact) mass is 378 g/mol. The quantitative estimate of drug-likeness (QED) is 0.795. The lowest BCUT2D eigenvalue weighted by Gasteiger charge is -2.33. The Morgan fingerprint density at radius 2 is 2.00 bits per heavy atom. The molecule has 0 spiro atoms. The molecule has 1 aliphatic rings. The summed E-state index contributed by atoms with van der Waals surface area (Å²) in [4.78, 5) is 6.49. The Bertz CT molecular complexity index is 871. The third-order valence-electron chi connectivity index (χ3n) is 4.89.